The zero-order valence-electron chi connectivity index (χ0n) is 14.6. The van der Waals surface area contributed by atoms with Crippen LogP contribution in [-0.4, -0.2) is 45.8 Å². The van der Waals surface area contributed by atoms with Gasteiger partial charge in [0.15, 0.2) is 5.96 Å². The normalized spacial score (nSPS) is 18.1. The summed E-state index contributed by atoms with van der Waals surface area (Å²) < 4.78 is 5.47. The molecule has 1 unspecified atom stereocenters. The quantitative estimate of drug-likeness (QED) is 0.461. The summed E-state index contributed by atoms with van der Waals surface area (Å²) >= 11 is 0. The van der Waals surface area contributed by atoms with Crippen LogP contribution in [0.2, 0.25) is 0 Å². The third kappa shape index (κ3) is 5.05. The Labute approximate surface area is 140 Å². The van der Waals surface area contributed by atoms with Crippen molar-refractivity contribution in [1.29, 1.82) is 0 Å². The van der Waals surface area contributed by atoms with Crippen LogP contribution in [0.4, 0.5) is 5.69 Å². The predicted octanol–water partition coefficient (Wildman–Crippen LogP) is 2.63. The average molecular weight is 318 g/mol. The van der Waals surface area contributed by atoms with E-state index < -0.39 is 0 Å². The van der Waals surface area contributed by atoms with E-state index in [0.29, 0.717) is 6.04 Å². The molecule has 5 nitrogen and oxygen atoms in total. The van der Waals surface area contributed by atoms with E-state index in [-0.39, 0.29) is 0 Å². The molecule has 1 aromatic carbocycles. The SMILES string of the molecule is CCCCCNC(=NC)NC1CCN(c2ccccc2OC)C1. The maximum Gasteiger partial charge on any atom is 0.191 e. The molecule has 0 spiro atoms. The van der Waals surface area contributed by atoms with Gasteiger partial charge in [-0.2, -0.15) is 0 Å². The van der Waals surface area contributed by atoms with Crippen molar-refractivity contribution in [2.24, 2.45) is 4.99 Å². The van der Waals surface area contributed by atoms with E-state index in [9.17, 15) is 0 Å². The Balaban J connectivity index is 1.84. The molecule has 128 valence electrons. The molecular formula is C18H30N4O. The van der Waals surface area contributed by atoms with Gasteiger partial charge in [0, 0.05) is 32.7 Å². The first-order valence-electron chi connectivity index (χ1n) is 8.63. The summed E-state index contributed by atoms with van der Waals surface area (Å²) in [5.74, 6) is 1.85. The van der Waals surface area contributed by atoms with Crippen LogP contribution < -0.4 is 20.3 Å². The smallest absolute Gasteiger partial charge is 0.191 e. The average Bonchev–Trinajstić information content (AvgIpc) is 3.06. The zero-order valence-corrected chi connectivity index (χ0v) is 14.6. The van der Waals surface area contributed by atoms with Crippen LogP contribution in [-0.2, 0) is 0 Å². The largest absolute Gasteiger partial charge is 0.495 e. The molecule has 1 aliphatic rings. The Morgan fingerprint density at radius 2 is 2.17 bits per heavy atom. The molecule has 23 heavy (non-hydrogen) atoms. The van der Waals surface area contributed by atoms with E-state index in [1.807, 2.05) is 19.2 Å². The van der Waals surface area contributed by atoms with Gasteiger partial charge in [-0.15, -0.1) is 0 Å². The van der Waals surface area contributed by atoms with Gasteiger partial charge < -0.3 is 20.3 Å². The van der Waals surface area contributed by atoms with Crippen molar-refractivity contribution < 1.29 is 4.74 Å². The van der Waals surface area contributed by atoms with Crippen LogP contribution in [0.1, 0.15) is 32.6 Å². The molecule has 0 aliphatic carbocycles. The lowest BCUT2D eigenvalue weighted by Gasteiger charge is -2.22. The van der Waals surface area contributed by atoms with Crippen LogP contribution in [0.15, 0.2) is 29.3 Å². The molecular weight excluding hydrogens is 288 g/mol. The number of para-hydroxylation sites is 2. The molecule has 0 amide bonds. The van der Waals surface area contributed by atoms with Crippen molar-refractivity contribution in [2.75, 3.05) is 38.7 Å². The number of aliphatic imine (C=N–C) groups is 1. The zero-order chi connectivity index (χ0) is 16.5. The van der Waals surface area contributed by atoms with Crippen molar-refractivity contribution in [3.8, 4) is 5.75 Å². The number of hydrogen-bond acceptors (Lipinski definition) is 3. The second kappa shape index (κ2) is 9.28. The summed E-state index contributed by atoms with van der Waals surface area (Å²) in [5.41, 5.74) is 1.17. The predicted molar refractivity (Wildman–Crippen MR) is 97.6 cm³/mol. The molecule has 0 saturated carbocycles. The van der Waals surface area contributed by atoms with Crippen LogP contribution in [0.5, 0.6) is 5.75 Å². The summed E-state index contributed by atoms with van der Waals surface area (Å²) in [6, 6.07) is 8.63. The lowest BCUT2D eigenvalue weighted by molar-refractivity contribution is 0.415. The van der Waals surface area contributed by atoms with Gasteiger partial charge in [0.25, 0.3) is 0 Å². The minimum absolute atomic E-state index is 0.414. The monoisotopic (exact) mass is 318 g/mol. The second-order valence-electron chi connectivity index (χ2n) is 5.95. The number of guanidine groups is 1. The summed E-state index contributed by atoms with van der Waals surface area (Å²) in [4.78, 5) is 6.71. The highest BCUT2D eigenvalue weighted by atomic mass is 16.5. The number of rotatable bonds is 7. The molecule has 1 aliphatic heterocycles. The molecule has 2 rings (SSSR count). The van der Waals surface area contributed by atoms with E-state index in [0.717, 1.165) is 37.8 Å². The maximum absolute atomic E-state index is 5.47. The van der Waals surface area contributed by atoms with Gasteiger partial charge in [0.05, 0.1) is 12.8 Å². The van der Waals surface area contributed by atoms with E-state index in [4.69, 9.17) is 4.74 Å². The van der Waals surface area contributed by atoms with Crippen LogP contribution >= 0.6 is 0 Å². The van der Waals surface area contributed by atoms with Crippen LogP contribution in [0.3, 0.4) is 0 Å². The number of nitrogens with zero attached hydrogens (tertiary/aromatic N) is 2. The van der Waals surface area contributed by atoms with Crippen molar-refractivity contribution in [3.63, 3.8) is 0 Å². The molecule has 0 radical (unpaired) electrons. The molecule has 1 atom stereocenters. The molecule has 0 aromatic heterocycles. The van der Waals surface area contributed by atoms with E-state index in [1.165, 1.54) is 24.9 Å². The van der Waals surface area contributed by atoms with Gasteiger partial charge in [-0.1, -0.05) is 31.9 Å². The Morgan fingerprint density at radius 1 is 1.35 bits per heavy atom. The summed E-state index contributed by atoms with van der Waals surface area (Å²) in [6.07, 6.45) is 4.79. The molecule has 1 fully saturated rings. The highest BCUT2D eigenvalue weighted by Crippen LogP contribution is 2.30. The third-order valence-corrected chi connectivity index (χ3v) is 4.25. The Hall–Kier alpha value is -1.91. The van der Waals surface area contributed by atoms with Gasteiger partial charge in [0.1, 0.15) is 5.75 Å². The standard InChI is InChI=1S/C18H30N4O/c1-4-5-8-12-20-18(19-2)21-15-11-13-22(14-15)16-9-6-7-10-17(16)23-3/h6-7,9-10,15H,4-5,8,11-14H2,1-3H3,(H2,19,20,21). The molecule has 2 N–H and O–H groups in total. The minimum Gasteiger partial charge on any atom is -0.495 e. The number of ether oxygens (including phenoxy) is 1. The molecule has 5 heteroatoms. The van der Waals surface area contributed by atoms with E-state index in [1.54, 1.807) is 7.11 Å². The fourth-order valence-corrected chi connectivity index (χ4v) is 2.96. The first-order chi connectivity index (χ1) is 11.3. The first kappa shape index (κ1) is 17.4. The second-order valence-corrected chi connectivity index (χ2v) is 5.95. The number of anilines is 1. The lowest BCUT2D eigenvalue weighted by Crippen LogP contribution is -2.44. The number of nitrogens with one attached hydrogen (secondary N) is 2. The van der Waals surface area contributed by atoms with Crippen molar-refractivity contribution in [1.82, 2.24) is 10.6 Å². The van der Waals surface area contributed by atoms with Crippen molar-refractivity contribution in [2.45, 2.75) is 38.6 Å². The molecule has 1 aromatic rings. The van der Waals surface area contributed by atoms with E-state index in [2.05, 4.69) is 39.6 Å². The van der Waals surface area contributed by atoms with Gasteiger partial charge in [0.2, 0.25) is 0 Å². The lowest BCUT2D eigenvalue weighted by atomic mass is 10.2. The Morgan fingerprint density at radius 3 is 2.91 bits per heavy atom. The van der Waals surface area contributed by atoms with Gasteiger partial charge in [-0.05, 0) is 25.0 Å². The maximum atomic E-state index is 5.47. The number of benzene rings is 1. The highest BCUT2D eigenvalue weighted by molar-refractivity contribution is 5.80. The fraction of sp³-hybridized carbons (Fsp3) is 0.611. The van der Waals surface area contributed by atoms with Gasteiger partial charge in [-0.3, -0.25) is 4.99 Å². The summed E-state index contributed by atoms with van der Waals surface area (Å²) in [6.45, 7) is 5.20. The Kier molecular flexibility index (Phi) is 7.04. The van der Waals surface area contributed by atoms with Gasteiger partial charge >= 0.3 is 0 Å². The number of methoxy groups -OCH3 is 1. The van der Waals surface area contributed by atoms with Crippen LogP contribution in [0, 0.1) is 0 Å². The Bertz CT molecular complexity index is 504. The number of unbranched alkanes of at least 4 members (excludes halogenated alkanes) is 2. The van der Waals surface area contributed by atoms with Gasteiger partial charge in [-0.25, -0.2) is 0 Å². The molecule has 0 bridgehead atoms. The molecule has 1 saturated heterocycles. The van der Waals surface area contributed by atoms with E-state index >= 15 is 0 Å². The highest BCUT2D eigenvalue weighted by Gasteiger charge is 2.25. The number of hydrogen-bond donors (Lipinski definition) is 2. The fourth-order valence-electron chi connectivity index (χ4n) is 2.96. The third-order valence-electron chi connectivity index (χ3n) is 4.25. The van der Waals surface area contributed by atoms with Crippen molar-refractivity contribution in [3.05, 3.63) is 24.3 Å². The summed E-state index contributed by atoms with van der Waals surface area (Å²) in [7, 11) is 3.56. The molecule has 1 heterocycles. The van der Waals surface area contributed by atoms with Crippen LogP contribution in [0.25, 0.3) is 0 Å². The van der Waals surface area contributed by atoms with Crippen molar-refractivity contribution >= 4 is 11.6 Å². The first-order valence-corrected chi connectivity index (χ1v) is 8.63. The summed E-state index contributed by atoms with van der Waals surface area (Å²) in [5, 5.41) is 6.94. The minimum atomic E-state index is 0.414. The topological polar surface area (TPSA) is 48.9 Å².